The van der Waals surface area contributed by atoms with Gasteiger partial charge in [-0.25, -0.2) is 4.79 Å². The van der Waals surface area contributed by atoms with Crippen molar-refractivity contribution in [3.8, 4) is 5.75 Å². The number of rotatable bonds is 7. The van der Waals surface area contributed by atoms with Gasteiger partial charge in [-0.3, -0.25) is 4.79 Å². The zero-order valence-electron chi connectivity index (χ0n) is 16.4. The third kappa shape index (κ3) is 5.23. The topological polar surface area (TPSA) is 55.8 Å². The second kappa shape index (κ2) is 9.55. The van der Waals surface area contributed by atoms with E-state index in [2.05, 4.69) is 0 Å². The van der Waals surface area contributed by atoms with E-state index in [0.29, 0.717) is 12.4 Å². The van der Waals surface area contributed by atoms with Crippen LogP contribution < -0.4 is 9.64 Å². The summed E-state index contributed by atoms with van der Waals surface area (Å²) in [5, 5.41) is 0. The molecule has 5 nitrogen and oxygen atoms in total. The number of esters is 1. The van der Waals surface area contributed by atoms with Crippen LogP contribution in [0.15, 0.2) is 84.9 Å². The normalized spacial score (nSPS) is 11.4. The molecule has 0 bridgehead atoms. The molecule has 29 heavy (non-hydrogen) atoms. The third-order valence-electron chi connectivity index (χ3n) is 4.45. The van der Waals surface area contributed by atoms with Crippen molar-refractivity contribution in [3.05, 3.63) is 96.1 Å². The van der Waals surface area contributed by atoms with E-state index in [1.165, 1.54) is 4.90 Å². The Hall–Kier alpha value is -3.60. The number of nitrogens with zero attached hydrogens (tertiary/aromatic N) is 1. The van der Waals surface area contributed by atoms with Gasteiger partial charge in [0.2, 0.25) is 0 Å². The van der Waals surface area contributed by atoms with E-state index in [-0.39, 0.29) is 11.5 Å². The monoisotopic (exact) mass is 389 g/mol. The number of carbonyl (C=O) groups excluding carboxylic acids is 2. The minimum atomic E-state index is -0.935. The minimum Gasteiger partial charge on any atom is -0.488 e. The number of benzene rings is 3. The molecule has 0 aliphatic heterocycles. The van der Waals surface area contributed by atoms with Crippen LogP contribution in [0.3, 0.4) is 0 Å². The average molecular weight is 389 g/mol. The maximum Gasteiger partial charge on any atom is 0.342 e. The molecule has 3 aromatic rings. The number of amides is 1. The molecule has 1 unspecified atom stereocenters. The minimum absolute atomic E-state index is 0.283. The number of para-hydroxylation sites is 2. The fourth-order valence-electron chi connectivity index (χ4n) is 2.82. The summed E-state index contributed by atoms with van der Waals surface area (Å²) in [5.74, 6) is -0.499. The largest absolute Gasteiger partial charge is 0.488 e. The van der Waals surface area contributed by atoms with E-state index in [1.54, 1.807) is 38.2 Å². The Morgan fingerprint density at radius 3 is 2.14 bits per heavy atom. The first-order chi connectivity index (χ1) is 14.1. The molecule has 3 aromatic carbocycles. The van der Waals surface area contributed by atoms with E-state index in [4.69, 9.17) is 9.47 Å². The third-order valence-corrected chi connectivity index (χ3v) is 4.45. The first-order valence-corrected chi connectivity index (χ1v) is 9.35. The van der Waals surface area contributed by atoms with Crippen LogP contribution in [0, 0.1) is 0 Å². The van der Waals surface area contributed by atoms with Crippen LogP contribution in [-0.2, 0) is 16.1 Å². The maximum absolute atomic E-state index is 12.7. The summed E-state index contributed by atoms with van der Waals surface area (Å²) in [6.45, 7) is 1.89. The molecule has 0 aromatic heterocycles. The molecule has 0 N–H and O–H groups in total. The highest BCUT2D eigenvalue weighted by Gasteiger charge is 2.24. The van der Waals surface area contributed by atoms with Crippen molar-refractivity contribution >= 4 is 17.6 Å². The lowest BCUT2D eigenvalue weighted by molar-refractivity contribution is -0.126. The summed E-state index contributed by atoms with van der Waals surface area (Å²) in [6, 6.07) is 25.7. The molecule has 0 aliphatic carbocycles. The Labute approximate surface area is 170 Å². The van der Waals surface area contributed by atoms with Crippen molar-refractivity contribution in [1.82, 2.24) is 0 Å². The first-order valence-electron chi connectivity index (χ1n) is 9.35. The lowest BCUT2D eigenvalue weighted by Gasteiger charge is -2.22. The summed E-state index contributed by atoms with van der Waals surface area (Å²) in [5.41, 5.74) is 2.00. The van der Waals surface area contributed by atoms with Gasteiger partial charge >= 0.3 is 5.97 Å². The summed E-state index contributed by atoms with van der Waals surface area (Å²) in [6.07, 6.45) is -0.935. The quantitative estimate of drug-likeness (QED) is 0.559. The highest BCUT2D eigenvalue weighted by Crippen LogP contribution is 2.21. The van der Waals surface area contributed by atoms with Crippen LogP contribution in [0.1, 0.15) is 22.8 Å². The van der Waals surface area contributed by atoms with Crippen molar-refractivity contribution < 1.29 is 19.1 Å². The predicted molar refractivity (Wildman–Crippen MR) is 112 cm³/mol. The van der Waals surface area contributed by atoms with E-state index in [1.807, 2.05) is 60.7 Å². The molecule has 0 fully saturated rings. The highest BCUT2D eigenvalue weighted by atomic mass is 16.5. The van der Waals surface area contributed by atoms with Gasteiger partial charge in [0.05, 0.1) is 0 Å². The highest BCUT2D eigenvalue weighted by molar-refractivity contribution is 5.99. The zero-order chi connectivity index (χ0) is 20.6. The van der Waals surface area contributed by atoms with Crippen molar-refractivity contribution in [2.75, 3.05) is 11.9 Å². The lowest BCUT2D eigenvalue weighted by atomic mass is 10.2. The number of carbonyl (C=O) groups is 2. The van der Waals surface area contributed by atoms with Crippen LogP contribution in [0.2, 0.25) is 0 Å². The Balaban J connectivity index is 1.66. The molecule has 0 heterocycles. The van der Waals surface area contributed by atoms with Crippen LogP contribution in [0.5, 0.6) is 5.75 Å². The molecule has 1 atom stereocenters. The Kier molecular flexibility index (Phi) is 6.63. The van der Waals surface area contributed by atoms with E-state index in [0.717, 1.165) is 11.3 Å². The molecule has 0 spiro atoms. The summed E-state index contributed by atoms with van der Waals surface area (Å²) in [4.78, 5) is 26.8. The Morgan fingerprint density at radius 2 is 1.45 bits per heavy atom. The van der Waals surface area contributed by atoms with Crippen LogP contribution in [-0.4, -0.2) is 25.0 Å². The molecule has 5 heteroatoms. The van der Waals surface area contributed by atoms with Gasteiger partial charge in [-0.05, 0) is 36.8 Å². The summed E-state index contributed by atoms with van der Waals surface area (Å²) >= 11 is 0. The fourth-order valence-corrected chi connectivity index (χ4v) is 2.82. The average Bonchev–Trinajstić information content (AvgIpc) is 2.78. The smallest absolute Gasteiger partial charge is 0.342 e. The Bertz CT molecular complexity index is 957. The molecule has 0 saturated heterocycles. The van der Waals surface area contributed by atoms with E-state index in [9.17, 15) is 9.59 Å². The van der Waals surface area contributed by atoms with Crippen molar-refractivity contribution in [2.45, 2.75) is 19.6 Å². The molecule has 0 aliphatic rings. The van der Waals surface area contributed by atoms with Gasteiger partial charge in [-0.15, -0.1) is 0 Å². The van der Waals surface area contributed by atoms with Gasteiger partial charge in [-0.1, -0.05) is 60.7 Å². The molecular weight excluding hydrogens is 366 g/mol. The van der Waals surface area contributed by atoms with Crippen LogP contribution in [0.4, 0.5) is 5.69 Å². The molecule has 148 valence electrons. The molecule has 0 saturated carbocycles. The number of ether oxygens (including phenoxy) is 2. The number of likely N-dealkylation sites (N-methyl/N-ethyl adjacent to an activating group) is 1. The summed E-state index contributed by atoms with van der Waals surface area (Å²) in [7, 11) is 1.65. The number of hydrogen-bond donors (Lipinski definition) is 0. The van der Waals surface area contributed by atoms with Crippen molar-refractivity contribution in [2.24, 2.45) is 0 Å². The van der Waals surface area contributed by atoms with Gasteiger partial charge in [0.25, 0.3) is 5.91 Å². The molecule has 3 rings (SSSR count). The zero-order valence-corrected chi connectivity index (χ0v) is 16.4. The van der Waals surface area contributed by atoms with Crippen molar-refractivity contribution in [3.63, 3.8) is 0 Å². The lowest BCUT2D eigenvalue weighted by Crippen LogP contribution is -2.37. The molecular formula is C24H23NO4. The standard InChI is InChI=1S/C24H23NO4/c1-18(23(26)25(2)20-13-7-4-8-14-20)29-24(27)21-15-9-10-16-22(21)28-17-19-11-5-3-6-12-19/h3-16,18H,17H2,1-2H3. The second-order valence-electron chi connectivity index (χ2n) is 6.55. The van der Waals surface area contributed by atoms with Crippen LogP contribution in [0.25, 0.3) is 0 Å². The van der Waals surface area contributed by atoms with E-state index < -0.39 is 12.1 Å². The number of anilines is 1. The Morgan fingerprint density at radius 1 is 0.862 bits per heavy atom. The van der Waals surface area contributed by atoms with Crippen LogP contribution >= 0.6 is 0 Å². The summed E-state index contributed by atoms with van der Waals surface area (Å²) < 4.78 is 11.2. The molecule has 1 amide bonds. The van der Waals surface area contributed by atoms with Gasteiger partial charge in [0, 0.05) is 12.7 Å². The molecule has 0 radical (unpaired) electrons. The van der Waals surface area contributed by atoms with Gasteiger partial charge < -0.3 is 14.4 Å². The SMILES string of the molecule is CC(OC(=O)c1ccccc1OCc1ccccc1)C(=O)N(C)c1ccccc1. The van der Waals surface area contributed by atoms with Gasteiger partial charge in [0.15, 0.2) is 6.10 Å². The predicted octanol–water partition coefficient (Wildman–Crippen LogP) is 4.47. The van der Waals surface area contributed by atoms with Crippen molar-refractivity contribution in [1.29, 1.82) is 0 Å². The van der Waals surface area contributed by atoms with Gasteiger partial charge in [0.1, 0.15) is 17.9 Å². The maximum atomic E-state index is 12.7. The second-order valence-corrected chi connectivity index (χ2v) is 6.55. The first kappa shape index (κ1) is 20.1. The number of hydrogen-bond acceptors (Lipinski definition) is 4. The fraction of sp³-hybridized carbons (Fsp3) is 0.167. The van der Waals surface area contributed by atoms with Gasteiger partial charge in [-0.2, -0.15) is 0 Å². The van der Waals surface area contributed by atoms with E-state index >= 15 is 0 Å².